The predicted molar refractivity (Wildman–Crippen MR) is 191 cm³/mol. The number of benzene rings is 1. The van der Waals surface area contributed by atoms with Crippen molar-refractivity contribution in [2.24, 2.45) is 5.92 Å². The number of rotatable bonds is 6. The number of amides is 2. The van der Waals surface area contributed by atoms with Crippen LogP contribution in [0.2, 0.25) is 0 Å². The molecular weight excluding hydrogens is 667 g/mol. The fraction of sp³-hybridized carbons (Fsp3) is 0.513. The number of methoxy groups -OCH3 is 1. The second kappa shape index (κ2) is 11.9. The Labute approximate surface area is 298 Å². The van der Waals surface area contributed by atoms with Crippen LogP contribution in [0.3, 0.4) is 0 Å². The Balaban J connectivity index is 1.20. The van der Waals surface area contributed by atoms with Crippen molar-refractivity contribution in [3.05, 3.63) is 75.4 Å². The van der Waals surface area contributed by atoms with Crippen molar-refractivity contribution in [3.63, 3.8) is 0 Å². The highest BCUT2D eigenvalue weighted by Gasteiger charge is 2.51. The quantitative estimate of drug-likeness (QED) is 0.361. The van der Waals surface area contributed by atoms with Gasteiger partial charge in [0.15, 0.2) is 10.7 Å². The Morgan fingerprint density at radius 1 is 1.04 bits per heavy atom. The van der Waals surface area contributed by atoms with Crippen molar-refractivity contribution < 1.29 is 27.3 Å². The van der Waals surface area contributed by atoms with E-state index in [1.807, 2.05) is 0 Å². The second-order valence-corrected chi connectivity index (χ2v) is 17.1. The van der Waals surface area contributed by atoms with Gasteiger partial charge in [0.1, 0.15) is 11.4 Å². The van der Waals surface area contributed by atoms with Crippen LogP contribution >= 0.6 is 0 Å². The maximum absolute atomic E-state index is 14.9. The van der Waals surface area contributed by atoms with E-state index in [-0.39, 0.29) is 46.2 Å². The topological polar surface area (TPSA) is 127 Å². The summed E-state index contributed by atoms with van der Waals surface area (Å²) in [6.45, 7) is 5.22. The summed E-state index contributed by atoms with van der Waals surface area (Å²) in [5.41, 5.74) is 6.52. The summed E-state index contributed by atoms with van der Waals surface area (Å²) in [5.74, 6) is 0.157. The zero-order valence-electron chi connectivity index (χ0n) is 29.7. The number of likely N-dealkylation sites (tertiary alicyclic amines) is 1. The number of aromatic nitrogens is 2. The number of hydrogen-bond acceptors (Lipinski definition) is 8. The standard InChI is InChI=1S/C39H45N5O6S/c1-21-37(22(2)50-40-21)51(47,48)41-38(45)35-30-20-43-31(17-29-32(49-4)16-15-26(36(29)43)23-9-6-5-7-10-23)33-27(34(30)35)11-8-12-28(33)39(46)44-24-13-14-25(44)19-42(3)18-24/h8,11,15-17,23-25,28,33H,5-7,9-10,12-14,18-20H2,1-4H3,(H,41,45)/t24?,25?,28-,33?/m1/s1. The van der Waals surface area contributed by atoms with Gasteiger partial charge in [0.25, 0.3) is 15.9 Å². The van der Waals surface area contributed by atoms with Crippen molar-refractivity contribution in [1.82, 2.24) is 24.2 Å². The summed E-state index contributed by atoms with van der Waals surface area (Å²) in [6.07, 6.45) is 12.6. The van der Waals surface area contributed by atoms with Crippen molar-refractivity contribution in [2.45, 2.75) is 101 Å². The van der Waals surface area contributed by atoms with Gasteiger partial charge in [-0.3, -0.25) is 9.59 Å². The molecule has 4 atom stereocenters. The third-order valence-corrected chi connectivity index (χ3v) is 14.0. The lowest BCUT2D eigenvalue weighted by molar-refractivity contribution is -0.141. The second-order valence-electron chi connectivity index (χ2n) is 15.5. The molecule has 0 radical (unpaired) electrons. The summed E-state index contributed by atoms with van der Waals surface area (Å²) in [4.78, 5) is 33.3. The molecule has 268 valence electrons. The normalized spacial score (nSPS) is 26.2. The molecule has 2 aromatic heterocycles. The molecule has 3 unspecified atom stereocenters. The first-order chi connectivity index (χ1) is 24.6. The van der Waals surface area contributed by atoms with E-state index in [9.17, 15) is 18.0 Å². The van der Waals surface area contributed by atoms with Crippen LogP contribution in [0.4, 0.5) is 0 Å². The maximum Gasteiger partial charge on any atom is 0.269 e. The van der Waals surface area contributed by atoms with Gasteiger partial charge in [0, 0.05) is 48.7 Å². The molecule has 11 nitrogen and oxygen atoms in total. The highest BCUT2D eigenvalue weighted by molar-refractivity contribution is 7.90. The first kappa shape index (κ1) is 32.7. The van der Waals surface area contributed by atoms with Crippen LogP contribution in [0, 0.1) is 19.8 Å². The van der Waals surface area contributed by atoms with Gasteiger partial charge in [0.05, 0.1) is 24.1 Å². The van der Waals surface area contributed by atoms with Crippen molar-refractivity contribution in [1.29, 1.82) is 0 Å². The number of fused-ring (bicyclic) bond motifs is 8. The molecular formula is C39H45N5O6S. The number of nitrogens with one attached hydrogen (secondary N) is 1. The summed E-state index contributed by atoms with van der Waals surface area (Å²) < 4.78 is 42.7. The van der Waals surface area contributed by atoms with Gasteiger partial charge in [-0.25, -0.2) is 13.1 Å². The highest BCUT2D eigenvalue weighted by atomic mass is 32.2. The van der Waals surface area contributed by atoms with Crippen LogP contribution in [0.1, 0.15) is 85.9 Å². The number of sulfonamides is 1. The molecule has 51 heavy (non-hydrogen) atoms. The lowest BCUT2D eigenvalue weighted by Crippen LogP contribution is -2.56. The minimum atomic E-state index is -4.25. The van der Waals surface area contributed by atoms with E-state index in [4.69, 9.17) is 9.26 Å². The molecule has 1 N–H and O–H groups in total. The van der Waals surface area contributed by atoms with E-state index in [2.05, 4.69) is 61.6 Å². The molecule has 5 heterocycles. The van der Waals surface area contributed by atoms with Gasteiger partial charge in [-0.15, -0.1) is 0 Å². The molecule has 0 spiro atoms. The lowest BCUT2D eigenvalue weighted by Gasteiger charge is -2.43. The molecule has 1 saturated carbocycles. The molecule has 2 amide bonds. The van der Waals surface area contributed by atoms with Gasteiger partial charge in [-0.05, 0) is 93.3 Å². The minimum absolute atomic E-state index is 0.120. The van der Waals surface area contributed by atoms with Crippen LogP contribution in [0.25, 0.3) is 10.9 Å². The van der Waals surface area contributed by atoms with Gasteiger partial charge >= 0.3 is 0 Å². The summed E-state index contributed by atoms with van der Waals surface area (Å²) >= 11 is 0. The monoisotopic (exact) mass is 711 g/mol. The van der Waals surface area contributed by atoms with Crippen LogP contribution in [0.15, 0.2) is 62.1 Å². The molecule has 3 aliphatic carbocycles. The number of aryl methyl sites for hydroxylation is 2. The summed E-state index contributed by atoms with van der Waals surface area (Å²) in [6, 6.07) is 6.92. The average Bonchev–Trinajstić information content (AvgIpc) is 3.44. The van der Waals surface area contributed by atoms with E-state index in [0.29, 0.717) is 24.5 Å². The Morgan fingerprint density at radius 3 is 2.47 bits per heavy atom. The Morgan fingerprint density at radius 2 is 1.78 bits per heavy atom. The number of hydrogen-bond donors (Lipinski definition) is 1. The van der Waals surface area contributed by atoms with E-state index in [0.717, 1.165) is 77.8 Å². The van der Waals surface area contributed by atoms with E-state index < -0.39 is 15.9 Å². The van der Waals surface area contributed by atoms with Crippen molar-refractivity contribution in [3.8, 4) is 5.75 Å². The molecule has 2 bridgehead atoms. The summed E-state index contributed by atoms with van der Waals surface area (Å²) in [7, 11) is -0.408. The minimum Gasteiger partial charge on any atom is -0.496 e. The first-order valence-corrected chi connectivity index (χ1v) is 19.9. The third kappa shape index (κ3) is 5.07. The molecule has 9 rings (SSSR count). The number of nitrogens with zero attached hydrogens (tertiary/aromatic N) is 4. The number of carbonyl (C=O) groups is 2. The molecule has 1 aromatic carbocycles. The molecule has 6 aliphatic rings. The third-order valence-electron chi connectivity index (χ3n) is 12.4. The van der Waals surface area contributed by atoms with E-state index in [1.165, 1.54) is 31.7 Å². The van der Waals surface area contributed by atoms with Crippen molar-refractivity contribution in [2.75, 3.05) is 27.2 Å². The zero-order chi connectivity index (χ0) is 35.3. The molecule has 2 saturated heterocycles. The van der Waals surface area contributed by atoms with Crippen molar-refractivity contribution >= 4 is 32.7 Å². The van der Waals surface area contributed by atoms with Gasteiger partial charge in [-0.1, -0.05) is 42.6 Å². The zero-order valence-corrected chi connectivity index (χ0v) is 30.5. The van der Waals surface area contributed by atoms with Gasteiger partial charge < -0.3 is 23.6 Å². The van der Waals surface area contributed by atoms with Gasteiger partial charge in [-0.2, -0.15) is 0 Å². The molecule has 3 aromatic rings. The maximum atomic E-state index is 14.9. The smallest absolute Gasteiger partial charge is 0.269 e. The van der Waals surface area contributed by atoms with E-state index >= 15 is 0 Å². The van der Waals surface area contributed by atoms with Gasteiger partial charge in [0.2, 0.25) is 5.91 Å². The molecule has 3 fully saturated rings. The fourth-order valence-electron chi connectivity index (χ4n) is 10.3. The van der Waals surface area contributed by atoms with E-state index in [1.54, 1.807) is 14.0 Å². The largest absolute Gasteiger partial charge is 0.496 e. The SMILES string of the molecule is COc1ccc(C2CCCCC2)c2c1cc1n2CC2=C(C(=O)NS(=O)(=O)c3c(C)noc3C)C2=C2C=CC[C@@H](C(=O)N3C4CCC3CN(C)C4)C21. The Hall–Kier alpha value is -4.16. The Bertz CT molecular complexity index is 2170. The predicted octanol–water partition coefficient (Wildman–Crippen LogP) is 5.39. The Kier molecular flexibility index (Phi) is 7.67. The van der Waals surface area contributed by atoms with Crippen LogP contribution in [-0.2, 0) is 26.2 Å². The number of allylic oxidation sites excluding steroid dienone is 4. The fourth-order valence-corrected chi connectivity index (χ4v) is 11.5. The number of ether oxygens (including phenoxy) is 1. The number of likely N-dealkylation sites (N-methyl/N-ethyl adjacent to an activating group) is 1. The van der Waals surface area contributed by atoms with Crippen LogP contribution in [-0.4, -0.2) is 79.1 Å². The molecule has 12 heteroatoms. The number of piperazine rings is 1. The lowest BCUT2D eigenvalue weighted by atomic mass is 9.75. The highest BCUT2D eigenvalue weighted by Crippen LogP contribution is 2.55. The molecule has 3 aliphatic heterocycles. The van der Waals surface area contributed by atoms with Crippen LogP contribution in [0.5, 0.6) is 5.75 Å². The van der Waals surface area contributed by atoms with Crippen LogP contribution < -0.4 is 9.46 Å². The average molecular weight is 712 g/mol. The first-order valence-electron chi connectivity index (χ1n) is 18.4. The number of carbonyl (C=O) groups excluding carboxylic acids is 2. The summed E-state index contributed by atoms with van der Waals surface area (Å²) in [5, 5.41) is 4.81.